The molecule has 0 radical (unpaired) electrons. The highest BCUT2D eigenvalue weighted by Gasteiger charge is 2.07. The molecule has 0 saturated heterocycles. The first kappa shape index (κ1) is 13.8. The summed E-state index contributed by atoms with van der Waals surface area (Å²) < 4.78 is 0. The summed E-state index contributed by atoms with van der Waals surface area (Å²) in [7, 11) is 0. The van der Waals surface area contributed by atoms with E-state index in [2.05, 4.69) is 55.3 Å². The lowest BCUT2D eigenvalue weighted by Gasteiger charge is -2.17. The van der Waals surface area contributed by atoms with Gasteiger partial charge >= 0.3 is 0 Å². The minimum Gasteiger partial charge on any atom is -0.310 e. The molecule has 0 aliphatic carbocycles. The summed E-state index contributed by atoms with van der Waals surface area (Å²) in [4.78, 5) is 4.14. The number of rotatable bonds is 5. The Morgan fingerprint density at radius 1 is 1.21 bits per heavy atom. The van der Waals surface area contributed by atoms with E-state index in [1.807, 2.05) is 18.5 Å². The first-order valence-corrected chi connectivity index (χ1v) is 6.86. The fourth-order valence-corrected chi connectivity index (χ4v) is 2.32. The molecule has 2 rings (SSSR count). The van der Waals surface area contributed by atoms with Gasteiger partial charge in [0.05, 0.1) is 0 Å². The number of nitrogens with zero attached hydrogens (tertiary/aromatic N) is 1. The van der Waals surface area contributed by atoms with E-state index in [4.69, 9.17) is 0 Å². The van der Waals surface area contributed by atoms with Crippen molar-refractivity contribution in [3.05, 3.63) is 65.0 Å². The molecule has 1 aromatic heterocycles. The van der Waals surface area contributed by atoms with Crippen LogP contribution in [0.15, 0.2) is 42.7 Å². The first-order chi connectivity index (χ1) is 9.16. The van der Waals surface area contributed by atoms with Gasteiger partial charge in [0.25, 0.3) is 0 Å². The lowest BCUT2D eigenvalue weighted by atomic mass is 10.00. The van der Waals surface area contributed by atoms with Crippen molar-refractivity contribution >= 4 is 0 Å². The second-order valence-electron chi connectivity index (χ2n) is 5.15. The largest absolute Gasteiger partial charge is 0.310 e. The highest BCUT2D eigenvalue weighted by atomic mass is 14.9. The molecule has 1 N–H and O–H groups in total. The Morgan fingerprint density at radius 3 is 2.79 bits per heavy atom. The topological polar surface area (TPSA) is 24.9 Å². The SMILES string of the molecule is Cc1ccc(C)c(C(C)NCCc2cccnc2)c1. The standard InChI is InChI=1S/C17H22N2/c1-13-6-7-14(2)17(11-13)15(3)19-10-8-16-5-4-9-18-12-16/h4-7,9,11-12,15,19H,8,10H2,1-3H3. The van der Waals surface area contributed by atoms with Crippen LogP contribution in [0.25, 0.3) is 0 Å². The van der Waals surface area contributed by atoms with Gasteiger partial charge < -0.3 is 5.32 Å². The molecule has 1 aromatic carbocycles. The number of nitrogens with one attached hydrogen (secondary N) is 1. The molecule has 0 fully saturated rings. The lowest BCUT2D eigenvalue weighted by molar-refractivity contribution is 0.574. The van der Waals surface area contributed by atoms with Crippen molar-refractivity contribution in [2.75, 3.05) is 6.54 Å². The molecule has 0 amide bonds. The highest BCUT2D eigenvalue weighted by Crippen LogP contribution is 2.18. The van der Waals surface area contributed by atoms with E-state index in [9.17, 15) is 0 Å². The molecular formula is C17H22N2. The van der Waals surface area contributed by atoms with Crippen molar-refractivity contribution in [2.45, 2.75) is 33.2 Å². The predicted octanol–water partition coefficient (Wildman–Crippen LogP) is 3.59. The third-order valence-corrected chi connectivity index (χ3v) is 3.49. The van der Waals surface area contributed by atoms with Gasteiger partial charge in [0, 0.05) is 18.4 Å². The maximum atomic E-state index is 4.14. The van der Waals surface area contributed by atoms with Gasteiger partial charge in [-0.25, -0.2) is 0 Å². The fraction of sp³-hybridized carbons (Fsp3) is 0.353. The minimum absolute atomic E-state index is 0.386. The molecule has 0 bridgehead atoms. The summed E-state index contributed by atoms with van der Waals surface area (Å²) in [6, 6.07) is 11.1. The van der Waals surface area contributed by atoms with Crippen LogP contribution in [0.1, 0.15) is 35.2 Å². The summed E-state index contributed by atoms with van der Waals surface area (Å²) in [6.45, 7) is 7.52. The minimum atomic E-state index is 0.386. The monoisotopic (exact) mass is 254 g/mol. The number of pyridine rings is 1. The van der Waals surface area contributed by atoms with Crippen molar-refractivity contribution in [3.63, 3.8) is 0 Å². The highest BCUT2D eigenvalue weighted by molar-refractivity contribution is 5.32. The van der Waals surface area contributed by atoms with Gasteiger partial charge in [-0.15, -0.1) is 0 Å². The van der Waals surface area contributed by atoms with E-state index < -0.39 is 0 Å². The zero-order chi connectivity index (χ0) is 13.7. The molecule has 0 spiro atoms. The Hall–Kier alpha value is -1.67. The van der Waals surface area contributed by atoms with Gasteiger partial charge in [-0.2, -0.15) is 0 Å². The zero-order valence-corrected chi connectivity index (χ0v) is 12.0. The van der Waals surface area contributed by atoms with Crippen LogP contribution in [-0.2, 0) is 6.42 Å². The average Bonchev–Trinajstić information content (AvgIpc) is 2.42. The van der Waals surface area contributed by atoms with Crippen molar-refractivity contribution in [1.82, 2.24) is 10.3 Å². The normalized spacial score (nSPS) is 12.4. The molecule has 1 heterocycles. The van der Waals surface area contributed by atoms with Gasteiger partial charge in [-0.05, 0) is 56.5 Å². The van der Waals surface area contributed by atoms with Crippen molar-refractivity contribution in [1.29, 1.82) is 0 Å². The van der Waals surface area contributed by atoms with Crippen LogP contribution in [0.5, 0.6) is 0 Å². The number of hydrogen-bond donors (Lipinski definition) is 1. The number of benzene rings is 1. The molecule has 0 saturated carbocycles. The average molecular weight is 254 g/mol. The Labute approximate surface area is 115 Å². The smallest absolute Gasteiger partial charge is 0.0300 e. The Balaban J connectivity index is 1.91. The molecule has 2 heteroatoms. The second kappa shape index (κ2) is 6.48. The predicted molar refractivity (Wildman–Crippen MR) is 80.3 cm³/mol. The van der Waals surface area contributed by atoms with Crippen molar-refractivity contribution in [3.8, 4) is 0 Å². The molecular weight excluding hydrogens is 232 g/mol. The molecule has 0 aliphatic rings. The van der Waals surface area contributed by atoms with E-state index in [1.54, 1.807) is 0 Å². The van der Waals surface area contributed by atoms with Crippen LogP contribution in [0.3, 0.4) is 0 Å². The van der Waals surface area contributed by atoms with Crippen LogP contribution in [0.2, 0.25) is 0 Å². The molecule has 100 valence electrons. The van der Waals surface area contributed by atoms with E-state index in [0.717, 1.165) is 13.0 Å². The van der Waals surface area contributed by atoms with Crippen molar-refractivity contribution < 1.29 is 0 Å². The molecule has 19 heavy (non-hydrogen) atoms. The van der Waals surface area contributed by atoms with E-state index in [0.29, 0.717) is 6.04 Å². The molecule has 2 nitrogen and oxygen atoms in total. The fourth-order valence-electron chi connectivity index (χ4n) is 2.32. The van der Waals surface area contributed by atoms with Gasteiger partial charge in [0.2, 0.25) is 0 Å². The van der Waals surface area contributed by atoms with Crippen LogP contribution < -0.4 is 5.32 Å². The van der Waals surface area contributed by atoms with Gasteiger partial charge in [-0.3, -0.25) is 4.98 Å². The number of aromatic nitrogens is 1. The Morgan fingerprint density at radius 2 is 2.05 bits per heavy atom. The summed E-state index contributed by atoms with van der Waals surface area (Å²) in [6.07, 6.45) is 4.77. The second-order valence-corrected chi connectivity index (χ2v) is 5.15. The Bertz CT molecular complexity index is 520. The van der Waals surface area contributed by atoms with Gasteiger partial charge in [0.15, 0.2) is 0 Å². The van der Waals surface area contributed by atoms with E-state index >= 15 is 0 Å². The van der Waals surface area contributed by atoms with Gasteiger partial charge in [0.1, 0.15) is 0 Å². The summed E-state index contributed by atoms with van der Waals surface area (Å²) >= 11 is 0. The first-order valence-electron chi connectivity index (χ1n) is 6.86. The van der Waals surface area contributed by atoms with Crippen LogP contribution in [0.4, 0.5) is 0 Å². The van der Waals surface area contributed by atoms with Gasteiger partial charge in [-0.1, -0.05) is 29.8 Å². The maximum Gasteiger partial charge on any atom is 0.0300 e. The lowest BCUT2D eigenvalue weighted by Crippen LogP contribution is -2.22. The molecule has 1 atom stereocenters. The van der Waals surface area contributed by atoms with Crippen LogP contribution in [0, 0.1) is 13.8 Å². The number of aryl methyl sites for hydroxylation is 2. The molecule has 1 unspecified atom stereocenters. The Kier molecular flexibility index (Phi) is 4.69. The van der Waals surface area contributed by atoms with Crippen molar-refractivity contribution in [2.24, 2.45) is 0 Å². The van der Waals surface area contributed by atoms with E-state index in [1.165, 1.54) is 22.3 Å². The summed E-state index contributed by atoms with van der Waals surface area (Å²) in [5.41, 5.74) is 5.35. The van der Waals surface area contributed by atoms with Crippen LogP contribution in [-0.4, -0.2) is 11.5 Å². The zero-order valence-electron chi connectivity index (χ0n) is 12.0. The third kappa shape index (κ3) is 3.90. The molecule has 2 aromatic rings. The summed E-state index contributed by atoms with van der Waals surface area (Å²) in [5, 5.41) is 3.59. The van der Waals surface area contributed by atoms with E-state index in [-0.39, 0.29) is 0 Å². The third-order valence-electron chi connectivity index (χ3n) is 3.49. The maximum absolute atomic E-state index is 4.14. The summed E-state index contributed by atoms with van der Waals surface area (Å²) in [5.74, 6) is 0. The quantitative estimate of drug-likeness (QED) is 0.882. The van der Waals surface area contributed by atoms with Crippen LogP contribution >= 0.6 is 0 Å². The number of hydrogen-bond acceptors (Lipinski definition) is 2. The molecule has 0 aliphatic heterocycles.